The van der Waals surface area contributed by atoms with Gasteiger partial charge in [-0.15, -0.1) is 0 Å². The van der Waals surface area contributed by atoms with Crippen molar-refractivity contribution in [2.75, 3.05) is 23.4 Å². The number of carbonyl (C=O) groups excluding carboxylic acids is 1. The van der Waals surface area contributed by atoms with E-state index in [1.807, 2.05) is 18.2 Å². The molecule has 7 heteroatoms. The first-order valence-electron chi connectivity index (χ1n) is 5.99. The number of carbonyl (C=O) groups is 1. The summed E-state index contributed by atoms with van der Waals surface area (Å²) in [7, 11) is 0. The number of nitrogens with zero attached hydrogens (tertiary/aromatic N) is 2. The highest BCUT2D eigenvalue weighted by Crippen LogP contribution is 2.21. The summed E-state index contributed by atoms with van der Waals surface area (Å²) in [5.74, 6) is 1.74. The number of hydrogen-bond donors (Lipinski definition) is 2. The molecule has 19 heavy (non-hydrogen) atoms. The smallest absolute Gasteiger partial charge is 0.234 e. The quantitative estimate of drug-likeness (QED) is 0.851. The van der Waals surface area contributed by atoms with Crippen LogP contribution in [0, 0.1) is 5.92 Å². The second-order valence-corrected chi connectivity index (χ2v) is 5.90. The van der Waals surface area contributed by atoms with Gasteiger partial charge in [0.15, 0.2) is 0 Å². The van der Waals surface area contributed by atoms with E-state index in [0.29, 0.717) is 18.2 Å². The fourth-order valence-electron chi connectivity index (χ4n) is 1.51. The van der Waals surface area contributed by atoms with Gasteiger partial charge in [-0.05, 0) is 30.3 Å². The van der Waals surface area contributed by atoms with Gasteiger partial charge in [0, 0.05) is 0 Å². The molecular formula is C12H16N4OS2. The standard InChI is InChI=1S/C12H16N4OS2/c1-8(5-13)6-18-7-11(17)14-9-3-2-4-10-12(9)16-19-15-10/h2-4,8H,5-7,13H2,1H3,(H,14,17). The van der Waals surface area contributed by atoms with Gasteiger partial charge < -0.3 is 11.1 Å². The summed E-state index contributed by atoms with van der Waals surface area (Å²) in [6.07, 6.45) is 0. The zero-order valence-electron chi connectivity index (χ0n) is 10.6. The summed E-state index contributed by atoms with van der Waals surface area (Å²) in [6, 6.07) is 5.59. The Morgan fingerprint density at radius 3 is 3.16 bits per heavy atom. The van der Waals surface area contributed by atoms with Crippen molar-refractivity contribution in [3.05, 3.63) is 18.2 Å². The fraction of sp³-hybridized carbons (Fsp3) is 0.417. The molecule has 0 aliphatic heterocycles. The van der Waals surface area contributed by atoms with Crippen molar-refractivity contribution in [3.63, 3.8) is 0 Å². The van der Waals surface area contributed by atoms with E-state index in [9.17, 15) is 4.79 Å². The van der Waals surface area contributed by atoms with E-state index in [4.69, 9.17) is 5.73 Å². The molecule has 1 amide bonds. The van der Waals surface area contributed by atoms with E-state index < -0.39 is 0 Å². The molecule has 3 N–H and O–H groups in total. The minimum absolute atomic E-state index is 0.0188. The lowest BCUT2D eigenvalue weighted by Crippen LogP contribution is -2.17. The number of nitrogens with two attached hydrogens (primary N) is 1. The molecule has 2 rings (SSSR count). The molecule has 0 radical (unpaired) electrons. The highest BCUT2D eigenvalue weighted by molar-refractivity contribution is 7.99. The maximum atomic E-state index is 11.8. The molecule has 0 aliphatic carbocycles. The third kappa shape index (κ3) is 3.89. The van der Waals surface area contributed by atoms with Crippen LogP contribution < -0.4 is 11.1 Å². The van der Waals surface area contributed by atoms with E-state index in [1.54, 1.807) is 11.8 Å². The monoisotopic (exact) mass is 296 g/mol. The Bertz CT molecular complexity index is 557. The molecule has 102 valence electrons. The lowest BCUT2D eigenvalue weighted by atomic mass is 10.2. The van der Waals surface area contributed by atoms with Crippen molar-refractivity contribution in [2.45, 2.75) is 6.92 Å². The average Bonchev–Trinajstić information content (AvgIpc) is 2.88. The molecule has 0 aliphatic rings. The number of aromatic nitrogens is 2. The summed E-state index contributed by atoms with van der Waals surface area (Å²) >= 11 is 2.74. The maximum absolute atomic E-state index is 11.8. The van der Waals surface area contributed by atoms with Crippen LogP contribution in [0.1, 0.15) is 6.92 Å². The number of amides is 1. The van der Waals surface area contributed by atoms with E-state index in [0.717, 1.165) is 34.2 Å². The van der Waals surface area contributed by atoms with Gasteiger partial charge in [0.25, 0.3) is 0 Å². The molecule has 5 nitrogen and oxygen atoms in total. The van der Waals surface area contributed by atoms with Crippen LogP contribution in [0.5, 0.6) is 0 Å². The zero-order valence-corrected chi connectivity index (χ0v) is 12.3. The minimum atomic E-state index is -0.0188. The minimum Gasteiger partial charge on any atom is -0.330 e. The normalized spacial score (nSPS) is 12.5. The number of anilines is 1. The van der Waals surface area contributed by atoms with Gasteiger partial charge in [-0.25, -0.2) is 0 Å². The lowest BCUT2D eigenvalue weighted by molar-refractivity contribution is -0.113. The van der Waals surface area contributed by atoms with E-state index in [2.05, 4.69) is 21.0 Å². The topological polar surface area (TPSA) is 80.9 Å². The molecule has 0 saturated heterocycles. The van der Waals surface area contributed by atoms with Crippen molar-refractivity contribution in [1.82, 2.24) is 8.75 Å². The fourth-order valence-corrected chi connectivity index (χ4v) is 2.98. The Labute approximate surface area is 120 Å². The third-order valence-electron chi connectivity index (χ3n) is 2.60. The molecule has 0 bridgehead atoms. The van der Waals surface area contributed by atoms with Crippen molar-refractivity contribution in [1.29, 1.82) is 0 Å². The Hall–Kier alpha value is -1.18. The second kappa shape index (κ2) is 6.83. The maximum Gasteiger partial charge on any atom is 0.234 e. The number of rotatable bonds is 6. The first-order valence-corrected chi connectivity index (χ1v) is 7.88. The number of benzene rings is 1. The van der Waals surface area contributed by atoms with Gasteiger partial charge >= 0.3 is 0 Å². The molecule has 1 unspecified atom stereocenters. The molecule has 0 fully saturated rings. The number of thioether (sulfide) groups is 1. The Morgan fingerprint density at radius 1 is 1.53 bits per heavy atom. The van der Waals surface area contributed by atoms with Crippen LogP contribution in [-0.4, -0.2) is 32.7 Å². The summed E-state index contributed by atoms with van der Waals surface area (Å²) in [6.45, 7) is 2.73. The van der Waals surface area contributed by atoms with Gasteiger partial charge in [0.2, 0.25) is 5.91 Å². The van der Waals surface area contributed by atoms with Crippen LogP contribution in [0.2, 0.25) is 0 Å². The van der Waals surface area contributed by atoms with E-state index >= 15 is 0 Å². The van der Waals surface area contributed by atoms with Gasteiger partial charge in [-0.3, -0.25) is 4.79 Å². The first-order chi connectivity index (χ1) is 9.20. The molecule has 0 spiro atoms. The number of hydrogen-bond acceptors (Lipinski definition) is 6. The van der Waals surface area contributed by atoms with Gasteiger partial charge in [-0.2, -0.15) is 20.5 Å². The van der Waals surface area contributed by atoms with Crippen LogP contribution in [0.15, 0.2) is 18.2 Å². The van der Waals surface area contributed by atoms with E-state index in [1.165, 1.54) is 0 Å². The zero-order chi connectivity index (χ0) is 13.7. The van der Waals surface area contributed by atoms with Crippen molar-refractivity contribution >= 4 is 46.1 Å². The van der Waals surface area contributed by atoms with E-state index in [-0.39, 0.29) is 5.91 Å². The largest absolute Gasteiger partial charge is 0.330 e. The van der Waals surface area contributed by atoms with Crippen LogP contribution in [0.25, 0.3) is 11.0 Å². The highest BCUT2D eigenvalue weighted by atomic mass is 32.2. The summed E-state index contributed by atoms with van der Waals surface area (Å²) < 4.78 is 8.33. The number of fused-ring (bicyclic) bond motifs is 1. The molecule has 1 heterocycles. The van der Waals surface area contributed by atoms with Crippen LogP contribution in [0.4, 0.5) is 5.69 Å². The summed E-state index contributed by atoms with van der Waals surface area (Å²) in [5, 5.41) is 2.88. The second-order valence-electron chi connectivity index (χ2n) is 4.34. The number of nitrogens with one attached hydrogen (secondary N) is 1. The van der Waals surface area contributed by atoms with Gasteiger partial charge in [-0.1, -0.05) is 13.0 Å². The van der Waals surface area contributed by atoms with Crippen LogP contribution >= 0.6 is 23.5 Å². The molecule has 1 aromatic heterocycles. The Morgan fingerprint density at radius 2 is 2.37 bits per heavy atom. The van der Waals surface area contributed by atoms with Crippen molar-refractivity contribution in [3.8, 4) is 0 Å². The third-order valence-corrected chi connectivity index (χ3v) is 4.41. The van der Waals surface area contributed by atoms with Crippen molar-refractivity contribution < 1.29 is 4.79 Å². The summed E-state index contributed by atoms with van der Waals surface area (Å²) in [5.41, 5.74) is 7.82. The Balaban J connectivity index is 1.90. The van der Waals surface area contributed by atoms with Crippen LogP contribution in [-0.2, 0) is 4.79 Å². The first kappa shape index (κ1) is 14.2. The summed E-state index contributed by atoms with van der Waals surface area (Å²) in [4.78, 5) is 11.8. The van der Waals surface area contributed by atoms with Crippen LogP contribution in [0.3, 0.4) is 0 Å². The predicted molar refractivity (Wildman–Crippen MR) is 81.6 cm³/mol. The molecular weight excluding hydrogens is 280 g/mol. The highest BCUT2D eigenvalue weighted by Gasteiger charge is 2.09. The van der Waals surface area contributed by atoms with Crippen molar-refractivity contribution in [2.24, 2.45) is 11.7 Å². The molecule has 2 aromatic rings. The average molecular weight is 296 g/mol. The molecule has 1 atom stereocenters. The Kier molecular flexibility index (Phi) is 5.12. The SMILES string of the molecule is CC(CN)CSCC(=O)Nc1cccc2nsnc12. The lowest BCUT2D eigenvalue weighted by Gasteiger charge is -2.08. The predicted octanol–water partition coefficient (Wildman–Crippen LogP) is 1.96. The molecule has 0 saturated carbocycles. The molecule has 1 aromatic carbocycles. The van der Waals surface area contributed by atoms with Gasteiger partial charge in [0.05, 0.1) is 23.2 Å². The van der Waals surface area contributed by atoms with Gasteiger partial charge in [0.1, 0.15) is 11.0 Å².